The van der Waals surface area contributed by atoms with Gasteiger partial charge in [0.2, 0.25) is 0 Å². The van der Waals surface area contributed by atoms with Gasteiger partial charge in [0.25, 0.3) is 0 Å². The van der Waals surface area contributed by atoms with Gasteiger partial charge in [0, 0.05) is 32.2 Å². The van der Waals surface area contributed by atoms with Gasteiger partial charge in [-0.3, -0.25) is 0 Å². The largest absolute Gasteiger partial charge is 0.208 e. The van der Waals surface area contributed by atoms with Crippen molar-refractivity contribution in [1.29, 1.82) is 0 Å². The second-order valence-corrected chi connectivity index (χ2v) is 8.49. The molecule has 4 aromatic carbocycles. The van der Waals surface area contributed by atoms with Crippen LogP contribution in [-0.2, 0) is 0 Å². The molecule has 2 aromatic heterocycles. The SMILES string of the molecule is Fc1ccc(-c2nc(-c3ccccc3)nc(-c3ccccc3)n2)c2c1sc1ccccc12. The maximum atomic E-state index is 14.8. The molecule has 0 N–H and O–H groups in total. The van der Waals surface area contributed by atoms with Crippen molar-refractivity contribution in [3.05, 3.63) is 103 Å². The molecule has 6 aromatic rings. The highest BCUT2D eigenvalue weighted by molar-refractivity contribution is 7.26. The molecule has 0 bridgehead atoms. The van der Waals surface area contributed by atoms with E-state index in [2.05, 4.69) is 0 Å². The number of aromatic nitrogens is 3. The second kappa shape index (κ2) is 7.62. The van der Waals surface area contributed by atoms with E-state index >= 15 is 0 Å². The van der Waals surface area contributed by atoms with Crippen LogP contribution in [0, 0.1) is 5.82 Å². The first kappa shape index (κ1) is 18.8. The summed E-state index contributed by atoms with van der Waals surface area (Å²) in [4.78, 5) is 14.4. The van der Waals surface area contributed by atoms with Crippen molar-refractivity contribution in [2.75, 3.05) is 0 Å². The molecule has 0 aliphatic heterocycles. The Morgan fingerprint density at radius 1 is 0.562 bits per heavy atom. The fourth-order valence-electron chi connectivity index (χ4n) is 3.91. The minimum absolute atomic E-state index is 0.231. The van der Waals surface area contributed by atoms with E-state index < -0.39 is 0 Å². The summed E-state index contributed by atoms with van der Waals surface area (Å²) in [5.74, 6) is 1.48. The van der Waals surface area contributed by atoms with Gasteiger partial charge in [0.15, 0.2) is 17.5 Å². The average Bonchev–Trinajstić information content (AvgIpc) is 3.26. The Balaban J connectivity index is 1.67. The lowest BCUT2D eigenvalue weighted by Crippen LogP contribution is -2.00. The van der Waals surface area contributed by atoms with Crippen molar-refractivity contribution in [2.45, 2.75) is 0 Å². The zero-order valence-electron chi connectivity index (χ0n) is 16.9. The Labute approximate surface area is 187 Å². The standard InChI is InChI=1S/C27H16FN3S/c28-21-16-15-20(23-19-13-7-8-14-22(19)32-24(21)23)27-30-25(17-9-3-1-4-10-17)29-26(31-27)18-11-5-2-6-12-18/h1-16H. The third-order valence-electron chi connectivity index (χ3n) is 5.42. The number of fused-ring (bicyclic) bond motifs is 3. The summed E-state index contributed by atoms with van der Waals surface area (Å²) < 4.78 is 16.4. The van der Waals surface area contributed by atoms with Gasteiger partial charge in [0.1, 0.15) is 5.82 Å². The highest BCUT2D eigenvalue weighted by Crippen LogP contribution is 2.40. The fourth-order valence-corrected chi connectivity index (χ4v) is 5.05. The third kappa shape index (κ3) is 3.15. The van der Waals surface area contributed by atoms with Crippen LogP contribution in [0.5, 0.6) is 0 Å². The summed E-state index contributed by atoms with van der Waals surface area (Å²) in [6.45, 7) is 0. The van der Waals surface area contributed by atoms with Crippen molar-refractivity contribution in [2.24, 2.45) is 0 Å². The first-order chi connectivity index (χ1) is 15.8. The Morgan fingerprint density at radius 3 is 1.78 bits per heavy atom. The normalized spacial score (nSPS) is 11.3. The summed E-state index contributed by atoms with van der Waals surface area (Å²) in [6, 6.07) is 31.0. The van der Waals surface area contributed by atoms with E-state index in [4.69, 9.17) is 15.0 Å². The van der Waals surface area contributed by atoms with Crippen LogP contribution >= 0.6 is 11.3 Å². The van der Waals surface area contributed by atoms with E-state index in [1.807, 2.05) is 84.9 Å². The number of benzene rings is 4. The van der Waals surface area contributed by atoms with Crippen molar-refractivity contribution in [3.8, 4) is 34.2 Å². The highest BCUT2D eigenvalue weighted by atomic mass is 32.1. The molecule has 0 fully saturated rings. The first-order valence-corrected chi connectivity index (χ1v) is 11.1. The predicted octanol–water partition coefficient (Wildman–Crippen LogP) is 7.38. The molecule has 0 radical (unpaired) electrons. The lowest BCUT2D eigenvalue weighted by molar-refractivity contribution is 0.642. The Morgan fingerprint density at radius 2 is 1.12 bits per heavy atom. The summed E-state index contributed by atoms with van der Waals surface area (Å²) in [6.07, 6.45) is 0. The van der Waals surface area contributed by atoms with Crippen LogP contribution in [0.15, 0.2) is 97.1 Å². The first-order valence-electron chi connectivity index (χ1n) is 10.2. The summed E-state index contributed by atoms with van der Waals surface area (Å²) in [7, 11) is 0. The van der Waals surface area contributed by atoms with Gasteiger partial charge >= 0.3 is 0 Å². The zero-order valence-corrected chi connectivity index (χ0v) is 17.7. The van der Waals surface area contributed by atoms with Crippen LogP contribution in [0.3, 0.4) is 0 Å². The summed E-state index contributed by atoms with van der Waals surface area (Å²) in [5, 5.41) is 1.85. The molecule has 0 saturated heterocycles. The lowest BCUT2D eigenvalue weighted by Gasteiger charge is -2.09. The van der Waals surface area contributed by atoms with E-state index in [9.17, 15) is 4.39 Å². The summed E-state index contributed by atoms with van der Waals surface area (Å²) >= 11 is 1.45. The molecule has 0 unspecified atom stereocenters. The second-order valence-electron chi connectivity index (χ2n) is 7.44. The molecular formula is C27H16FN3S. The van der Waals surface area contributed by atoms with Gasteiger partial charge in [-0.15, -0.1) is 11.3 Å². The molecule has 152 valence electrons. The van der Waals surface area contributed by atoms with Crippen LogP contribution in [0.2, 0.25) is 0 Å². The van der Waals surface area contributed by atoms with Crippen molar-refractivity contribution < 1.29 is 4.39 Å². The number of rotatable bonds is 3. The summed E-state index contributed by atoms with van der Waals surface area (Å²) in [5.41, 5.74) is 2.61. The van der Waals surface area contributed by atoms with Crippen LogP contribution in [0.1, 0.15) is 0 Å². The number of nitrogens with zero attached hydrogens (tertiary/aromatic N) is 3. The topological polar surface area (TPSA) is 38.7 Å². The van der Waals surface area contributed by atoms with Crippen molar-refractivity contribution in [1.82, 2.24) is 15.0 Å². The Kier molecular flexibility index (Phi) is 4.47. The van der Waals surface area contributed by atoms with E-state index in [1.165, 1.54) is 17.4 Å². The number of thiophene rings is 1. The van der Waals surface area contributed by atoms with E-state index in [0.29, 0.717) is 22.2 Å². The Bertz CT molecular complexity index is 1520. The molecule has 0 aliphatic rings. The minimum Gasteiger partial charge on any atom is -0.208 e. The number of hydrogen-bond acceptors (Lipinski definition) is 4. The molecular weight excluding hydrogens is 417 g/mol. The molecule has 2 heterocycles. The van der Waals surface area contributed by atoms with Gasteiger partial charge in [-0.05, 0) is 18.2 Å². The van der Waals surface area contributed by atoms with Crippen LogP contribution in [0.4, 0.5) is 4.39 Å². The maximum absolute atomic E-state index is 14.8. The molecule has 0 amide bonds. The van der Waals surface area contributed by atoms with E-state index in [-0.39, 0.29) is 5.82 Å². The number of halogens is 1. The monoisotopic (exact) mass is 433 g/mol. The zero-order chi connectivity index (χ0) is 21.5. The van der Waals surface area contributed by atoms with Gasteiger partial charge in [-0.2, -0.15) is 0 Å². The maximum Gasteiger partial charge on any atom is 0.164 e. The fraction of sp³-hybridized carbons (Fsp3) is 0. The molecule has 32 heavy (non-hydrogen) atoms. The molecule has 0 aliphatic carbocycles. The quantitative estimate of drug-likeness (QED) is 0.292. The Hall–Kier alpha value is -3.96. The van der Waals surface area contributed by atoms with Crippen LogP contribution in [-0.4, -0.2) is 15.0 Å². The lowest BCUT2D eigenvalue weighted by atomic mass is 10.0. The molecule has 6 rings (SSSR count). The molecule has 3 nitrogen and oxygen atoms in total. The van der Waals surface area contributed by atoms with Gasteiger partial charge in [0.05, 0.1) is 4.70 Å². The van der Waals surface area contributed by atoms with Crippen molar-refractivity contribution >= 4 is 31.5 Å². The molecule has 0 atom stereocenters. The smallest absolute Gasteiger partial charge is 0.164 e. The average molecular weight is 434 g/mol. The van der Waals surface area contributed by atoms with E-state index in [1.54, 1.807) is 6.07 Å². The third-order valence-corrected chi connectivity index (χ3v) is 6.60. The van der Waals surface area contributed by atoms with Gasteiger partial charge in [-0.1, -0.05) is 78.9 Å². The van der Waals surface area contributed by atoms with Crippen LogP contribution in [0.25, 0.3) is 54.3 Å². The van der Waals surface area contributed by atoms with Gasteiger partial charge < -0.3 is 0 Å². The minimum atomic E-state index is -0.231. The molecule has 5 heteroatoms. The van der Waals surface area contributed by atoms with Crippen molar-refractivity contribution in [3.63, 3.8) is 0 Å². The number of hydrogen-bond donors (Lipinski definition) is 0. The highest BCUT2D eigenvalue weighted by Gasteiger charge is 2.18. The van der Waals surface area contributed by atoms with E-state index in [0.717, 1.165) is 32.2 Å². The molecule has 0 spiro atoms. The molecule has 0 saturated carbocycles. The predicted molar refractivity (Wildman–Crippen MR) is 129 cm³/mol. The van der Waals surface area contributed by atoms with Crippen LogP contribution < -0.4 is 0 Å². The van der Waals surface area contributed by atoms with Gasteiger partial charge in [-0.25, -0.2) is 19.3 Å².